The summed E-state index contributed by atoms with van der Waals surface area (Å²) in [6.45, 7) is 7.86. The Morgan fingerprint density at radius 1 is 1.10 bits per heavy atom. The first kappa shape index (κ1) is 27.1. The molecule has 3 atom stereocenters. The number of carbonyl (C=O) groups is 1. The highest BCUT2D eigenvalue weighted by molar-refractivity contribution is 5.97. The first-order valence-corrected chi connectivity index (χ1v) is 13.0. The molecule has 1 N–H and O–H groups in total. The van der Waals surface area contributed by atoms with Crippen molar-refractivity contribution < 1.29 is 23.1 Å². The van der Waals surface area contributed by atoms with Gasteiger partial charge in [0.05, 0.1) is 23.1 Å². The lowest BCUT2D eigenvalue weighted by molar-refractivity contribution is 0.0239. The van der Waals surface area contributed by atoms with Crippen LogP contribution in [0.5, 0.6) is 0 Å². The van der Waals surface area contributed by atoms with E-state index in [4.69, 9.17) is 0 Å². The second-order valence-electron chi connectivity index (χ2n) is 10.8. The molecular formula is C28H31F3N6O2. The van der Waals surface area contributed by atoms with Gasteiger partial charge >= 0.3 is 0 Å². The van der Waals surface area contributed by atoms with Crippen LogP contribution in [-0.2, 0) is 12.1 Å². The normalized spacial score (nSPS) is 21.6. The molecule has 0 bridgehead atoms. The molecule has 3 aromatic heterocycles. The number of hydrogen-bond acceptors (Lipinski definition) is 7. The SMILES string of the molecule is Cc1cnc(-c2ccnc([C@@](C)(O)C3CC3)n2)c(F)c1C(=O)N1C[C@H](C)N(Cc2ncc(F)cc2F)C[C@H]1C. The van der Waals surface area contributed by atoms with E-state index in [9.17, 15) is 18.7 Å². The molecule has 11 heteroatoms. The summed E-state index contributed by atoms with van der Waals surface area (Å²) in [6.07, 6.45) is 5.62. The van der Waals surface area contributed by atoms with Crippen LogP contribution in [0, 0.1) is 30.3 Å². The Morgan fingerprint density at radius 2 is 1.85 bits per heavy atom. The third-order valence-corrected chi connectivity index (χ3v) is 7.76. The van der Waals surface area contributed by atoms with Gasteiger partial charge in [-0.2, -0.15) is 0 Å². The molecule has 2 aliphatic rings. The van der Waals surface area contributed by atoms with Gasteiger partial charge in [0.2, 0.25) is 0 Å². The standard InChI is InChI=1S/C28H31F3N6O2/c1-15-10-34-25(21-7-8-32-27(35-21)28(4,39)18-5-6-18)24(31)23(15)26(38)37-13-16(2)36(12-17(37)3)14-22-20(30)9-19(29)11-33-22/h7-11,16-18,39H,5-6,12-14H2,1-4H3/t16-,17+,28-/m0/s1. The summed E-state index contributed by atoms with van der Waals surface area (Å²) in [4.78, 5) is 34.0. The molecule has 1 amide bonds. The van der Waals surface area contributed by atoms with Crippen LogP contribution in [0.4, 0.5) is 13.2 Å². The van der Waals surface area contributed by atoms with Gasteiger partial charge < -0.3 is 10.0 Å². The van der Waals surface area contributed by atoms with Crippen LogP contribution in [0.2, 0.25) is 0 Å². The van der Waals surface area contributed by atoms with Crippen LogP contribution in [0.1, 0.15) is 61.1 Å². The summed E-state index contributed by atoms with van der Waals surface area (Å²) < 4.78 is 43.4. The van der Waals surface area contributed by atoms with Gasteiger partial charge in [0, 0.05) is 50.2 Å². The average molecular weight is 541 g/mol. The zero-order valence-electron chi connectivity index (χ0n) is 22.3. The van der Waals surface area contributed by atoms with Crippen LogP contribution in [-0.4, -0.2) is 65.9 Å². The molecular weight excluding hydrogens is 509 g/mol. The molecule has 0 aromatic carbocycles. The highest BCUT2D eigenvalue weighted by Crippen LogP contribution is 2.44. The number of piperazine rings is 1. The zero-order valence-corrected chi connectivity index (χ0v) is 22.3. The van der Waals surface area contributed by atoms with E-state index in [-0.39, 0.29) is 59.6 Å². The monoisotopic (exact) mass is 540 g/mol. The van der Waals surface area contributed by atoms with E-state index in [2.05, 4.69) is 19.9 Å². The van der Waals surface area contributed by atoms with Crippen LogP contribution in [0.15, 0.2) is 30.7 Å². The van der Waals surface area contributed by atoms with Crippen molar-refractivity contribution in [2.45, 2.75) is 64.8 Å². The molecule has 206 valence electrons. The minimum absolute atomic E-state index is 0.0539. The lowest BCUT2D eigenvalue weighted by Gasteiger charge is -2.44. The molecule has 1 aliphatic heterocycles. The van der Waals surface area contributed by atoms with E-state index in [1.807, 2.05) is 18.7 Å². The molecule has 2 fully saturated rings. The second-order valence-corrected chi connectivity index (χ2v) is 10.8. The summed E-state index contributed by atoms with van der Waals surface area (Å²) >= 11 is 0. The number of hydrogen-bond donors (Lipinski definition) is 1. The Balaban J connectivity index is 1.39. The lowest BCUT2D eigenvalue weighted by atomic mass is 9.99. The number of carbonyl (C=O) groups excluding carboxylic acids is 1. The maximum absolute atomic E-state index is 16.0. The van der Waals surface area contributed by atoms with E-state index < -0.39 is 29.0 Å². The number of nitrogens with zero attached hydrogens (tertiary/aromatic N) is 6. The second kappa shape index (κ2) is 10.3. The third kappa shape index (κ3) is 5.25. The molecule has 1 saturated heterocycles. The summed E-state index contributed by atoms with van der Waals surface area (Å²) in [7, 11) is 0. The maximum Gasteiger partial charge on any atom is 0.257 e. The summed E-state index contributed by atoms with van der Waals surface area (Å²) in [6, 6.07) is 1.81. The van der Waals surface area contributed by atoms with Gasteiger partial charge in [-0.1, -0.05) is 0 Å². The van der Waals surface area contributed by atoms with E-state index in [1.54, 1.807) is 18.7 Å². The fraction of sp³-hybridized carbons (Fsp3) is 0.464. The van der Waals surface area contributed by atoms with Gasteiger partial charge in [-0.05, 0) is 58.1 Å². The van der Waals surface area contributed by atoms with Crippen LogP contribution >= 0.6 is 0 Å². The third-order valence-electron chi connectivity index (χ3n) is 7.76. The van der Waals surface area contributed by atoms with E-state index >= 15 is 4.39 Å². The van der Waals surface area contributed by atoms with Gasteiger partial charge in [-0.3, -0.25) is 19.7 Å². The molecule has 3 aromatic rings. The van der Waals surface area contributed by atoms with Gasteiger partial charge in [0.15, 0.2) is 11.6 Å². The van der Waals surface area contributed by atoms with Gasteiger partial charge in [-0.15, -0.1) is 0 Å². The van der Waals surface area contributed by atoms with Crippen molar-refractivity contribution in [3.63, 3.8) is 0 Å². The van der Waals surface area contributed by atoms with E-state index in [0.29, 0.717) is 12.1 Å². The molecule has 39 heavy (non-hydrogen) atoms. The van der Waals surface area contributed by atoms with Crippen LogP contribution in [0.25, 0.3) is 11.4 Å². The molecule has 0 unspecified atom stereocenters. The van der Waals surface area contributed by atoms with Crippen molar-refractivity contribution in [3.05, 3.63) is 70.8 Å². The first-order chi connectivity index (χ1) is 18.5. The summed E-state index contributed by atoms with van der Waals surface area (Å²) in [5.74, 6) is -2.47. The average Bonchev–Trinajstić information content (AvgIpc) is 3.74. The summed E-state index contributed by atoms with van der Waals surface area (Å²) in [5, 5.41) is 10.9. The molecule has 5 rings (SSSR count). The Bertz CT molecular complexity index is 1410. The predicted molar refractivity (Wildman–Crippen MR) is 137 cm³/mol. The smallest absolute Gasteiger partial charge is 0.257 e. The number of aliphatic hydroxyl groups is 1. The number of pyridine rings is 2. The van der Waals surface area contributed by atoms with Crippen molar-refractivity contribution in [1.29, 1.82) is 0 Å². The largest absolute Gasteiger partial charge is 0.382 e. The molecule has 1 aliphatic carbocycles. The summed E-state index contributed by atoms with van der Waals surface area (Å²) in [5.41, 5.74) is -0.703. The molecule has 1 saturated carbocycles. The number of aromatic nitrogens is 4. The highest BCUT2D eigenvalue weighted by Gasteiger charge is 2.43. The van der Waals surface area contributed by atoms with Crippen LogP contribution in [0.3, 0.4) is 0 Å². The number of halogens is 3. The van der Waals surface area contributed by atoms with Crippen molar-refractivity contribution in [3.8, 4) is 11.4 Å². The predicted octanol–water partition coefficient (Wildman–Crippen LogP) is 4.01. The first-order valence-electron chi connectivity index (χ1n) is 13.0. The van der Waals surface area contributed by atoms with Crippen LogP contribution < -0.4 is 0 Å². The van der Waals surface area contributed by atoms with Crippen molar-refractivity contribution in [2.24, 2.45) is 5.92 Å². The number of rotatable bonds is 6. The quantitative estimate of drug-likeness (QED) is 0.505. The molecule has 8 nitrogen and oxygen atoms in total. The van der Waals surface area contributed by atoms with E-state index in [0.717, 1.165) is 25.1 Å². The minimum Gasteiger partial charge on any atom is -0.382 e. The Hall–Kier alpha value is -3.44. The Kier molecular flexibility index (Phi) is 7.15. The zero-order chi connectivity index (χ0) is 28.1. The highest BCUT2D eigenvalue weighted by atomic mass is 19.1. The van der Waals surface area contributed by atoms with E-state index in [1.165, 1.54) is 18.5 Å². The number of aryl methyl sites for hydroxylation is 1. The van der Waals surface area contributed by atoms with Crippen molar-refractivity contribution in [1.82, 2.24) is 29.7 Å². The fourth-order valence-electron chi connectivity index (χ4n) is 5.17. The van der Waals surface area contributed by atoms with Gasteiger partial charge in [0.1, 0.15) is 22.9 Å². The molecule has 0 radical (unpaired) electrons. The van der Waals surface area contributed by atoms with Crippen molar-refractivity contribution in [2.75, 3.05) is 13.1 Å². The number of amides is 1. The Labute approximate surface area is 224 Å². The fourth-order valence-corrected chi connectivity index (χ4v) is 5.17. The minimum atomic E-state index is -1.23. The maximum atomic E-state index is 16.0. The van der Waals surface area contributed by atoms with Crippen molar-refractivity contribution >= 4 is 5.91 Å². The van der Waals surface area contributed by atoms with Gasteiger partial charge in [0.25, 0.3) is 5.91 Å². The lowest BCUT2D eigenvalue weighted by Crippen LogP contribution is -2.57. The molecule has 4 heterocycles. The van der Waals surface area contributed by atoms with Gasteiger partial charge in [-0.25, -0.2) is 23.1 Å². The topological polar surface area (TPSA) is 95.3 Å². The Morgan fingerprint density at radius 3 is 2.54 bits per heavy atom. The molecule has 0 spiro atoms.